The van der Waals surface area contributed by atoms with Crippen molar-refractivity contribution in [2.45, 2.75) is 38.2 Å². The van der Waals surface area contributed by atoms with Crippen LogP contribution in [0.3, 0.4) is 0 Å². The molecule has 2 nitrogen and oxygen atoms in total. The van der Waals surface area contributed by atoms with Gasteiger partial charge in [-0.1, -0.05) is 6.92 Å². The second-order valence-electron chi connectivity index (χ2n) is 4.94. The van der Waals surface area contributed by atoms with Crippen LogP contribution in [0.1, 0.15) is 26.2 Å². The average Bonchev–Trinajstić information content (AvgIpc) is 2.48. The van der Waals surface area contributed by atoms with Crippen molar-refractivity contribution in [1.82, 2.24) is 4.90 Å². The van der Waals surface area contributed by atoms with Crippen LogP contribution < -0.4 is 5.73 Å². The molecule has 2 atom stereocenters. The molecular weight excluding hydrogens is 186 g/mol. The van der Waals surface area contributed by atoms with E-state index in [1.165, 1.54) is 0 Å². The fourth-order valence-electron chi connectivity index (χ4n) is 2.44. The van der Waals surface area contributed by atoms with Crippen LogP contribution in [-0.4, -0.2) is 36.5 Å². The maximum atomic E-state index is 13.0. The van der Waals surface area contributed by atoms with Crippen LogP contribution in [0.5, 0.6) is 0 Å². The van der Waals surface area contributed by atoms with E-state index in [1.807, 2.05) is 0 Å². The molecule has 0 amide bonds. The normalized spacial score (nSPS) is 41.6. The molecule has 1 saturated carbocycles. The van der Waals surface area contributed by atoms with Crippen molar-refractivity contribution in [3.63, 3.8) is 0 Å². The molecule has 0 bridgehead atoms. The molecule has 0 aromatic carbocycles. The van der Waals surface area contributed by atoms with Gasteiger partial charge in [0.1, 0.15) is 0 Å². The number of nitrogens with zero attached hydrogens (tertiary/aromatic N) is 1. The Hall–Kier alpha value is -0.220. The van der Waals surface area contributed by atoms with Crippen LogP contribution in [-0.2, 0) is 0 Å². The van der Waals surface area contributed by atoms with E-state index in [0.29, 0.717) is 19.1 Å². The van der Waals surface area contributed by atoms with Crippen molar-refractivity contribution < 1.29 is 8.78 Å². The Labute approximate surface area is 83.4 Å². The summed E-state index contributed by atoms with van der Waals surface area (Å²) in [6.45, 7) is 3.73. The molecule has 0 spiro atoms. The molecule has 1 saturated heterocycles. The van der Waals surface area contributed by atoms with E-state index in [1.54, 1.807) is 6.92 Å². The van der Waals surface area contributed by atoms with Crippen molar-refractivity contribution in [1.29, 1.82) is 0 Å². The van der Waals surface area contributed by atoms with Crippen LogP contribution in [0.15, 0.2) is 0 Å². The lowest BCUT2D eigenvalue weighted by molar-refractivity contribution is 0.0514. The SMILES string of the molecule is CC1(CN2CCC[C@H]2CN)CC1(F)F. The Morgan fingerprint density at radius 2 is 2.14 bits per heavy atom. The molecule has 2 rings (SSSR count). The van der Waals surface area contributed by atoms with E-state index in [2.05, 4.69) is 4.90 Å². The number of likely N-dealkylation sites (tertiary alicyclic amines) is 1. The van der Waals surface area contributed by atoms with Crippen molar-refractivity contribution in [2.75, 3.05) is 19.6 Å². The van der Waals surface area contributed by atoms with Gasteiger partial charge in [0.15, 0.2) is 0 Å². The monoisotopic (exact) mass is 204 g/mol. The maximum Gasteiger partial charge on any atom is 0.255 e. The Bertz CT molecular complexity index is 232. The highest BCUT2D eigenvalue weighted by Gasteiger charge is 2.68. The Morgan fingerprint density at radius 1 is 1.50 bits per heavy atom. The second kappa shape index (κ2) is 3.14. The number of alkyl halides is 2. The van der Waals surface area contributed by atoms with Crippen LogP contribution >= 0.6 is 0 Å². The molecule has 2 fully saturated rings. The van der Waals surface area contributed by atoms with Gasteiger partial charge >= 0.3 is 0 Å². The van der Waals surface area contributed by atoms with E-state index >= 15 is 0 Å². The van der Waals surface area contributed by atoms with Crippen molar-refractivity contribution >= 4 is 0 Å². The van der Waals surface area contributed by atoms with Gasteiger partial charge in [-0.3, -0.25) is 4.90 Å². The lowest BCUT2D eigenvalue weighted by atomic mass is 10.1. The molecular formula is C10H18F2N2. The number of hydrogen-bond acceptors (Lipinski definition) is 2. The first kappa shape index (κ1) is 10.3. The average molecular weight is 204 g/mol. The summed E-state index contributed by atoms with van der Waals surface area (Å²) in [5, 5.41) is 0. The van der Waals surface area contributed by atoms with Gasteiger partial charge in [0.25, 0.3) is 5.92 Å². The topological polar surface area (TPSA) is 29.3 Å². The van der Waals surface area contributed by atoms with Crippen molar-refractivity contribution in [3.05, 3.63) is 0 Å². The molecule has 4 heteroatoms. The minimum Gasteiger partial charge on any atom is -0.329 e. The summed E-state index contributed by atoms with van der Waals surface area (Å²) in [5.74, 6) is -2.44. The van der Waals surface area contributed by atoms with Crippen LogP contribution in [0, 0.1) is 5.41 Å². The molecule has 2 aliphatic rings. The number of nitrogens with two attached hydrogens (primary N) is 1. The van der Waals surface area contributed by atoms with Gasteiger partial charge in [-0.05, 0) is 19.4 Å². The molecule has 1 aliphatic carbocycles. The molecule has 0 aromatic rings. The quantitative estimate of drug-likeness (QED) is 0.754. The van der Waals surface area contributed by atoms with E-state index in [4.69, 9.17) is 5.73 Å². The van der Waals surface area contributed by atoms with E-state index < -0.39 is 11.3 Å². The van der Waals surface area contributed by atoms with E-state index in [0.717, 1.165) is 19.4 Å². The number of hydrogen-bond donors (Lipinski definition) is 1. The fraction of sp³-hybridized carbons (Fsp3) is 1.00. The van der Waals surface area contributed by atoms with Crippen LogP contribution in [0.4, 0.5) is 8.78 Å². The van der Waals surface area contributed by atoms with Crippen molar-refractivity contribution in [3.8, 4) is 0 Å². The number of halogens is 2. The first-order valence-electron chi connectivity index (χ1n) is 5.30. The first-order chi connectivity index (χ1) is 6.48. The first-order valence-corrected chi connectivity index (χ1v) is 5.30. The van der Waals surface area contributed by atoms with E-state index in [9.17, 15) is 8.78 Å². The molecule has 0 aromatic heterocycles. The molecule has 1 unspecified atom stereocenters. The molecule has 1 heterocycles. The smallest absolute Gasteiger partial charge is 0.255 e. The number of rotatable bonds is 3. The van der Waals surface area contributed by atoms with Gasteiger partial charge < -0.3 is 5.73 Å². The zero-order valence-electron chi connectivity index (χ0n) is 8.60. The van der Waals surface area contributed by atoms with E-state index in [-0.39, 0.29) is 6.42 Å². The zero-order valence-corrected chi connectivity index (χ0v) is 8.60. The third-order valence-corrected chi connectivity index (χ3v) is 3.69. The maximum absolute atomic E-state index is 13.0. The molecule has 82 valence electrons. The molecule has 0 radical (unpaired) electrons. The minimum absolute atomic E-state index is 0.0494. The Morgan fingerprint density at radius 3 is 2.64 bits per heavy atom. The van der Waals surface area contributed by atoms with Gasteiger partial charge in [-0.25, -0.2) is 8.78 Å². The summed E-state index contributed by atoms with van der Waals surface area (Å²) >= 11 is 0. The predicted molar refractivity (Wildman–Crippen MR) is 51.3 cm³/mol. The third-order valence-electron chi connectivity index (χ3n) is 3.69. The predicted octanol–water partition coefficient (Wildman–Crippen LogP) is 1.45. The Kier molecular flexibility index (Phi) is 2.31. The van der Waals surface area contributed by atoms with Gasteiger partial charge in [0, 0.05) is 31.0 Å². The minimum atomic E-state index is -2.44. The summed E-state index contributed by atoms with van der Waals surface area (Å²) in [5.41, 5.74) is 4.83. The van der Waals surface area contributed by atoms with Crippen LogP contribution in [0.2, 0.25) is 0 Å². The fourth-order valence-corrected chi connectivity index (χ4v) is 2.44. The summed E-state index contributed by atoms with van der Waals surface area (Å²) in [7, 11) is 0. The van der Waals surface area contributed by atoms with Gasteiger partial charge in [0.2, 0.25) is 0 Å². The highest BCUT2D eigenvalue weighted by molar-refractivity contribution is 5.09. The third kappa shape index (κ3) is 1.54. The summed E-state index contributed by atoms with van der Waals surface area (Å²) in [6, 6.07) is 0.336. The second-order valence-corrected chi connectivity index (χ2v) is 4.94. The largest absolute Gasteiger partial charge is 0.329 e. The lowest BCUT2D eigenvalue weighted by Gasteiger charge is -2.26. The van der Waals surface area contributed by atoms with Crippen molar-refractivity contribution in [2.24, 2.45) is 11.1 Å². The molecule has 14 heavy (non-hydrogen) atoms. The zero-order chi connectivity index (χ0) is 10.4. The summed E-state index contributed by atoms with van der Waals surface area (Å²) in [6.07, 6.45) is 2.22. The molecule has 2 N–H and O–H groups in total. The summed E-state index contributed by atoms with van der Waals surface area (Å²) < 4.78 is 26.0. The molecule has 1 aliphatic heterocycles. The Balaban J connectivity index is 1.92. The van der Waals surface area contributed by atoms with Gasteiger partial charge in [0.05, 0.1) is 0 Å². The van der Waals surface area contributed by atoms with Gasteiger partial charge in [-0.2, -0.15) is 0 Å². The van der Waals surface area contributed by atoms with Crippen LogP contribution in [0.25, 0.3) is 0 Å². The van der Waals surface area contributed by atoms with Gasteiger partial charge in [-0.15, -0.1) is 0 Å². The summed E-state index contributed by atoms with van der Waals surface area (Å²) in [4.78, 5) is 2.14. The lowest BCUT2D eigenvalue weighted by Crippen LogP contribution is -2.39. The standard InChI is InChI=1S/C10H18F2N2/c1-9(6-10(9,11)12)7-14-4-2-3-8(14)5-13/h8H,2-7,13H2,1H3/t8-,9?/m0/s1. The highest BCUT2D eigenvalue weighted by Crippen LogP contribution is 2.60. The highest BCUT2D eigenvalue weighted by atomic mass is 19.3.